The third-order valence-corrected chi connectivity index (χ3v) is 4.05. The van der Waals surface area contributed by atoms with Gasteiger partial charge in [0.1, 0.15) is 5.75 Å². The SMILES string of the molecule is CC(C)Oc1ccccc1CN(C)C(C)C(O)c1ccccc1. The summed E-state index contributed by atoms with van der Waals surface area (Å²) in [4.78, 5) is 2.15. The van der Waals surface area contributed by atoms with Crippen LogP contribution in [0.3, 0.4) is 0 Å². The maximum absolute atomic E-state index is 10.6. The summed E-state index contributed by atoms with van der Waals surface area (Å²) in [5.74, 6) is 0.913. The number of nitrogens with zero attached hydrogens (tertiary/aromatic N) is 1. The maximum atomic E-state index is 10.6. The van der Waals surface area contributed by atoms with E-state index in [1.54, 1.807) is 0 Å². The smallest absolute Gasteiger partial charge is 0.124 e. The van der Waals surface area contributed by atoms with Crippen molar-refractivity contribution in [3.05, 3.63) is 65.7 Å². The van der Waals surface area contributed by atoms with Gasteiger partial charge in [-0.3, -0.25) is 4.90 Å². The Kier molecular flexibility index (Phi) is 6.20. The largest absolute Gasteiger partial charge is 0.491 e. The fraction of sp³-hybridized carbons (Fsp3) is 0.400. The van der Waals surface area contributed by atoms with Gasteiger partial charge in [-0.1, -0.05) is 48.5 Å². The minimum absolute atomic E-state index is 0.00417. The van der Waals surface area contributed by atoms with E-state index in [1.165, 1.54) is 0 Å². The van der Waals surface area contributed by atoms with E-state index in [0.29, 0.717) is 0 Å². The molecule has 2 aromatic carbocycles. The summed E-state index contributed by atoms with van der Waals surface area (Å²) in [5, 5.41) is 10.6. The van der Waals surface area contributed by atoms with Crippen LogP contribution in [-0.4, -0.2) is 29.2 Å². The lowest BCUT2D eigenvalue weighted by Gasteiger charge is -2.30. The van der Waals surface area contributed by atoms with Crippen molar-refractivity contribution >= 4 is 0 Å². The van der Waals surface area contributed by atoms with E-state index < -0.39 is 6.10 Å². The van der Waals surface area contributed by atoms with Crippen molar-refractivity contribution in [3.8, 4) is 5.75 Å². The highest BCUT2D eigenvalue weighted by molar-refractivity contribution is 5.33. The third-order valence-electron chi connectivity index (χ3n) is 4.05. The quantitative estimate of drug-likeness (QED) is 0.838. The molecule has 3 nitrogen and oxygen atoms in total. The molecular weight excluding hydrogens is 286 g/mol. The highest BCUT2D eigenvalue weighted by Gasteiger charge is 2.21. The first-order chi connectivity index (χ1) is 11.0. The predicted octanol–water partition coefficient (Wildman–Crippen LogP) is 4.03. The number of rotatable bonds is 7. The van der Waals surface area contributed by atoms with Gasteiger partial charge in [0.15, 0.2) is 0 Å². The van der Waals surface area contributed by atoms with Gasteiger partial charge < -0.3 is 9.84 Å². The molecule has 0 aliphatic carbocycles. The first-order valence-corrected chi connectivity index (χ1v) is 8.17. The zero-order valence-corrected chi connectivity index (χ0v) is 14.4. The van der Waals surface area contributed by atoms with Crippen molar-refractivity contribution < 1.29 is 9.84 Å². The zero-order chi connectivity index (χ0) is 16.8. The van der Waals surface area contributed by atoms with Gasteiger partial charge in [0.05, 0.1) is 12.2 Å². The first kappa shape index (κ1) is 17.5. The van der Waals surface area contributed by atoms with Crippen LogP contribution in [0.15, 0.2) is 54.6 Å². The van der Waals surface area contributed by atoms with E-state index in [4.69, 9.17) is 4.74 Å². The molecular formula is C20H27NO2. The number of ether oxygens (including phenoxy) is 1. The van der Waals surface area contributed by atoms with Gasteiger partial charge in [0, 0.05) is 18.2 Å². The molecule has 2 aromatic rings. The Morgan fingerprint density at radius 3 is 2.22 bits per heavy atom. The topological polar surface area (TPSA) is 32.7 Å². The summed E-state index contributed by atoms with van der Waals surface area (Å²) >= 11 is 0. The predicted molar refractivity (Wildman–Crippen MR) is 94.5 cm³/mol. The summed E-state index contributed by atoms with van der Waals surface area (Å²) in [6, 6.07) is 17.9. The van der Waals surface area contributed by atoms with Crippen LogP contribution in [0.5, 0.6) is 5.75 Å². The van der Waals surface area contributed by atoms with Gasteiger partial charge >= 0.3 is 0 Å². The van der Waals surface area contributed by atoms with Crippen LogP contribution in [0.1, 0.15) is 38.0 Å². The Hall–Kier alpha value is -1.84. The van der Waals surface area contributed by atoms with Gasteiger partial charge in [-0.15, -0.1) is 0 Å². The van der Waals surface area contributed by atoms with Crippen molar-refractivity contribution in [1.29, 1.82) is 0 Å². The van der Waals surface area contributed by atoms with Crippen molar-refractivity contribution in [2.45, 2.75) is 45.6 Å². The molecule has 3 heteroatoms. The highest BCUT2D eigenvalue weighted by atomic mass is 16.5. The monoisotopic (exact) mass is 313 g/mol. The summed E-state index contributed by atoms with van der Waals surface area (Å²) in [6.07, 6.45) is -0.367. The Morgan fingerprint density at radius 1 is 0.957 bits per heavy atom. The van der Waals surface area contributed by atoms with E-state index in [2.05, 4.69) is 11.0 Å². The minimum Gasteiger partial charge on any atom is -0.491 e. The van der Waals surface area contributed by atoms with Crippen LogP contribution in [0.4, 0.5) is 0 Å². The Labute approximate surface area is 139 Å². The standard InChI is InChI=1S/C20H27NO2/c1-15(2)23-19-13-9-8-12-18(19)14-21(4)16(3)20(22)17-10-6-5-7-11-17/h5-13,15-16,20,22H,14H2,1-4H3. The molecule has 0 radical (unpaired) electrons. The molecule has 2 unspecified atom stereocenters. The normalized spacial score (nSPS) is 14.0. The number of aliphatic hydroxyl groups is 1. The summed E-state index contributed by atoms with van der Waals surface area (Å²) in [7, 11) is 2.03. The average Bonchev–Trinajstić information content (AvgIpc) is 2.55. The second-order valence-electron chi connectivity index (χ2n) is 6.29. The summed E-state index contributed by atoms with van der Waals surface area (Å²) in [5.41, 5.74) is 2.08. The Bertz CT molecular complexity index is 598. The Balaban J connectivity index is 2.08. The molecule has 2 rings (SSSR count). The average molecular weight is 313 g/mol. The van der Waals surface area contributed by atoms with Gasteiger partial charge in [0.2, 0.25) is 0 Å². The number of benzene rings is 2. The molecule has 0 aliphatic heterocycles. The number of hydrogen-bond donors (Lipinski definition) is 1. The van der Waals surface area contributed by atoms with Gasteiger partial charge in [-0.25, -0.2) is 0 Å². The van der Waals surface area contributed by atoms with Gasteiger partial charge in [-0.2, -0.15) is 0 Å². The lowest BCUT2D eigenvalue weighted by atomic mass is 10.0. The van der Waals surface area contributed by atoms with Crippen molar-refractivity contribution in [2.24, 2.45) is 0 Å². The minimum atomic E-state index is -0.514. The number of likely N-dealkylation sites (N-methyl/N-ethyl adjacent to an activating group) is 1. The van der Waals surface area contributed by atoms with Gasteiger partial charge in [0.25, 0.3) is 0 Å². The van der Waals surface area contributed by atoms with E-state index >= 15 is 0 Å². The summed E-state index contributed by atoms with van der Waals surface area (Å²) in [6.45, 7) is 6.84. The van der Waals surface area contributed by atoms with Crippen molar-refractivity contribution in [2.75, 3.05) is 7.05 Å². The van der Waals surface area contributed by atoms with Crippen LogP contribution in [0.2, 0.25) is 0 Å². The zero-order valence-electron chi connectivity index (χ0n) is 14.4. The second-order valence-corrected chi connectivity index (χ2v) is 6.29. The fourth-order valence-corrected chi connectivity index (χ4v) is 2.59. The number of aliphatic hydroxyl groups excluding tert-OH is 1. The van der Waals surface area contributed by atoms with E-state index in [0.717, 1.165) is 23.4 Å². The van der Waals surface area contributed by atoms with Crippen LogP contribution < -0.4 is 4.74 Å². The first-order valence-electron chi connectivity index (χ1n) is 8.17. The number of para-hydroxylation sites is 1. The number of hydrogen-bond acceptors (Lipinski definition) is 3. The van der Waals surface area contributed by atoms with Gasteiger partial charge in [-0.05, 0) is 39.4 Å². The van der Waals surface area contributed by atoms with E-state index in [1.807, 2.05) is 76.3 Å². The van der Waals surface area contributed by atoms with Crippen molar-refractivity contribution in [1.82, 2.24) is 4.90 Å². The van der Waals surface area contributed by atoms with E-state index in [9.17, 15) is 5.11 Å². The summed E-state index contributed by atoms with van der Waals surface area (Å²) < 4.78 is 5.88. The molecule has 1 N–H and O–H groups in total. The molecule has 0 fully saturated rings. The molecule has 23 heavy (non-hydrogen) atoms. The molecule has 0 saturated carbocycles. The third kappa shape index (κ3) is 4.81. The van der Waals surface area contributed by atoms with Crippen LogP contribution in [0.25, 0.3) is 0 Å². The maximum Gasteiger partial charge on any atom is 0.124 e. The highest BCUT2D eigenvalue weighted by Crippen LogP contribution is 2.25. The molecule has 0 amide bonds. The van der Waals surface area contributed by atoms with Crippen LogP contribution >= 0.6 is 0 Å². The molecule has 0 spiro atoms. The molecule has 0 bridgehead atoms. The van der Waals surface area contributed by atoms with E-state index in [-0.39, 0.29) is 12.1 Å². The molecule has 0 saturated heterocycles. The second kappa shape index (κ2) is 8.14. The van der Waals surface area contributed by atoms with Crippen LogP contribution in [0, 0.1) is 0 Å². The Morgan fingerprint density at radius 2 is 1.57 bits per heavy atom. The molecule has 0 aromatic heterocycles. The molecule has 0 heterocycles. The molecule has 2 atom stereocenters. The fourth-order valence-electron chi connectivity index (χ4n) is 2.59. The molecule has 124 valence electrons. The van der Waals surface area contributed by atoms with Crippen molar-refractivity contribution in [3.63, 3.8) is 0 Å². The lowest BCUT2D eigenvalue weighted by Crippen LogP contribution is -2.34. The van der Waals surface area contributed by atoms with Crippen LogP contribution in [-0.2, 0) is 6.54 Å². The lowest BCUT2D eigenvalue weighted by molar-refractivity contribution is 0.0681. The molecule has 0 aliphatic rings.